The molecule has 1 aliphatic carbocycles. The minimum absolute atomic E-state index is 0.0578. The molecule has 0 radical (unpaired) electrons. The third-order valence-corrected chi connectivity index (χ3v) is 3.94. The summed E-state index contributed by atoms with van der Waals surface area (Å²) in [4.78, 5) is 20.0. The lowest BCUT2D eigenvalue weighted by atomic mass is 10.1. The molecule has 4 nitrogen and oxygen atoms in total. The molecule has 1 saturated carbocycles. The van der Waals surface area contributed by atoms with Crippen molar-refractivity contribution in [3.05, 3.63) is 33.5 Å². The van der Waals surface area contributed by atoms with Crippen LogP contribution in [0.2, 0.25) is 5.28 Å². The molecule has 1 aliphatic rings. The fourth-order valence-corrected chi connectivity index (χ4v) is 2.91. The van der Waals surface area contributed by atoms with Gasteiger partial charge in [-0.05, 0) is 36.9 Å². The Balaban J connectivity index is 2.35. The average molecular weight is 300 g/mol. The molecular formula is C13H12ClF2N3O. The van der Waals surface area contributed by atoms with Crippen molar-refractivity contribution in [1.29, 1.82) is 0 Å². The maximum atomic E-state index is 14.0. The summed E-state index contributed by atoms with van der Waals surface area (Å²) in [5, 5.41) is 0.509. The van der Waals surface area contributed by atoms with Crippen molar-refractivity contribution in [1.82, 2.24) is 14.5 Å². The minimum Gasteiger partial charge on any atom is -0.283 e. The van der Waals surface area contributed by atoms with E-state index in [1.54, 1.807) is 6.92 Å². The predicted octanol–water partition coefficient (Wildman–Crippen LogP) is 3.11. The highest BCUT2D eigenvalue weighted by Crippen LogP contribution is 2.43. The minimum atomic E-state index is -2.90. The van der Waals surface area contributed by atoms with Crippen molar-refractivity contribution in [3.8, 4) is 0 Å². The number of hydrogen-bond acceptors (Lipinski definition) is 3. The van der Waals surface area contributed by atoms with Crippen LogP contribution in [-0.4, -0.2) is 20.5 Å². The van der Waals surface area contributed by atoms with Crippen LogP contribution in [0.25, 0.3) is 11.0 Å². The molecule has 1 unspecified atom stereocenters. The van der Waals surface area contributed by atoms with Crippen LogP contribution >= 0.6 is 11.6 Å². The molecule has 7 heteroatoms. The van der Waals surface area contributed by atoms with Crippen LogP contribution in [-0.2, 0) is 0 Å². The fourth-order valence-electron chi connectivity index (χ4n) is 2.78. The van der Waals surface area contributed by atoms with Gasteiger partial charge in [-0.25, -0.2) is 13.8 Å². The van der Waals surface area contributed by atoms with E-state index in [0.717, 1.165) is 4.57 Å². The number of halogens is 3. The van der Waals surface area contributed by atoms with Crippen molar-refractivity contribution in [2.45, 2.75) is 38.2 Å². The molecule has 1 atom stereocenters. The van der Waals surface area contributed by atoms with Gasteiger partial charge in [0.05, 0.1) is 0 Å². The standard InChI is InChI=1S/C13H12ClF2N3O/c1-7-5-10(20)19(9-3-2-4-13(9,15)16)11-8(7)6-17-12(14)18-11/h5-6,9H,2-4H2,1H3. The van der Waals surface area contributed by atoms with Crippen LogP contribution in [0.3, 0.4) is 0 Å². The van der Waals surface area contributed by atoms with Gasteiger partial charge in [-0.15, -0.1) is 0 Å². The lowest BCUT2D eigenvalue weighted by Gasteiger charge is -2.23. The van der Waals surface area contributed by atoms with E-state index in [2.05, 4.69) is 9.97 Å². The van der Waals surface area contributed by atoms with Crippen molar-refractivity contribution < 1.29 is 8.78 Å². The third-order valence-electron chi connectivity index (χ3n) is 3.76. The highest BCUT2D eigenvalue weighted by molar-refractivity contribution is 6.28. The first-order valence-electron chi connectivity index (χ1n) is 6.32. The van der Waals surface area contributed by atoms with Crippen LogP contribution in [0.15, 0.2) is 17.1 Å². The van der Waals surface area contributed by atoms with E-state index in [4.69, 9.17) is 11.6 Å². The SMILES string of the molecule is Cc1cc(=O)n(C2CCCC2(F)F)c2nc(Cl)ncc12. The van der Waals surface area contributed by atoms with E-state index in [9.17, 15) is 13.6 Å². The molecule has 0 saturated heterocycles. The maximum absolute atomic E-state index is 14.0. The Labute approximate surface area is 118 Å². The molecule has 0 aliphatic heterocycles. The van der Waals surface area contributed by atoms with Gasteiger partial charge in [-0.3, -0.25) is 9.36 Å². The van der Waals surface area contributed by atoms with Gasteiger partial charge in [0, 0.05) is 24.1 Å². The quantitative estimate of drug-likeness (QED) is 0.760. The van der Waals surface area contributed by atoms with Crippen molar-refractivity contribution in [2.75, 3.05) is 0 Å². The first-order chi connectivity index (χ1) is 9.40. The van der Waals surface area contributed by atoms with Crippen LogP contribution in [0.4, 0.5) is 8.78 Å². The van der Waals surface area contributed by atoms with E-state index in [-0.39, 0.29) is 23.8 Å². The second kappa shape index (κ2) is 4.48. The number of rotatable bonds is 1. The van der Waals surface area contributed by atoms with Gasteiger partial charge in [-0.2, -0.15) is 4.98 Å². The number of alkyl halides is 2. The maximum Gasteiger partial charge on any atom is 0.268 e. The molecule has 0 amide bonds. The molecule has 0 aromatic carbocycles. The summed E-state index contributed by atoms with van der Waals surface area (Å²) in [5.41, 5.74) is 0.358. The van der Waals surface area contributed by atoms with Gasteiger partial charge in [-0.1, -0.05) is 0 Å². The summed E-state index contributed by atoms with van der Waals surface area (Å²) in [6.45, 7) is 1.72. The normalized spacial score (nSPS) is 21.5. The zero-order valence-corrected chi connectivity index (χ0v) is 11.5. The molecule has 106 valence electrons. The molecule has 0 N–H and O–H groups in total. The van der Waals surface area contributed by atoms with E-state index >= 15 is 0 Å². The number of nitrogens with zero attached hydrogens (tertiary/aromatic N) is 3. The predicted molar refractivity (Wildman–Crippen MR) is 71.4 cm³/mol. The van der Waals surface area contributed by atoms with Gasteiger partial charge >= 0.3 is 0 Å². The second-order valence-electron chi connectivity index (χ2n) is 5.08. The van der Waals surface area contributed by atoms with Gasteiger partial charge in [0.25, 0.3) is 11.5 Å². The van der Waals surface area contributed by atoms with Crippen molar-refractivity contribution >= 4 is 22.6 Å². The molecule has 2 aromatic rings. The van der Waals surface area contributed by atoms with Gasteiger partial charge in [0.2, 0.25) is 5.28 Å². The number of hydrogen-bond donors (Lipinski definition) is 0. The number of pyridine rings is 1. The summed E-state index contributed by atoms with van der Waals surface area (Å²) < 4.78 is 29.0. The Bertz CT molecular complexity index is 744. The number of aryl methyl sites for hydroxylation is 1. The van der Waals surface area contributed by atoms with Crippen LogP contribution in [0, 0.1) is 6.92 Å². The van der Waals surface area contributed by atoms with Gasteiger partial charge < -0.3 is 0 Å². The molecule has 2 heterocycles. The Kier molecular flexibility index (Phi) is 3.01. The second-order valence-corrected chi connectivity index (χ2v) is 5.42. The van der Waals surface area contributed by atoms with E-state index in [1.807, 2.05) is 0 Å². The van der Waals surface area contributed by atoms with Crippen LogP contribution in [0.1, 0.15) is 30.9 Å². The lowest BCUT2D eigenvalue weighted by Crippen LogP contribution is -2.33. The smallest absolute Gasteiger partial charge is 0.268 e. The molecular weight excluding hydrogens is 288 g/mol. The van der Waals surface area contributed by atoms with Crippen molar-refractivity contribution in [3.63, 3.8) is 0 Å². The van der Waals surface area contributed by atoms with Gasteiger partial charge in [0.1, 0.15) is 11.7 Å². The first-order valence-corrected chi connectivity index (χ1v) is 6.70. The Hall–Kier alpha value is -1.56. The lowest BCUT2D eigenvalue weighted by molar-refractivity contribution is -0.0304. The van der Waals surface area contributed by atoms with E-state index in [1.165, 1.54) is 12.3 Å². The Morgan fingerprint density at radius 1 is 1.50 bits per heavy atom. The summed E-state index contributed by atoms with van der Waals surface area (Å²) in [7, 11) is 0. The van der Waals surface area contributed by atoms with Gasteiger partial charge in [0.15, 0.2) is 0 Å². The Morgan fingerprint density at radius 3 is 2.90 bits per heavy atom. The molecule has 20 heavy (non-hydrogen) atoms. The van der Waals surface area contributed by atoms with Crippen LogP contribution < -0.4 is 5.56 Å². The summed E-state index contributed by atoms with van der Waals surface area (Å²) >= 11 is 5.75. The molecule has 1 fully saturated rings. The fraction of sp³-hybridized carbons (Fsp3) is 0.462. The highest BCUT2D eigenvalue weighted by Gasteiger charge is 2.46. The molecule has 3 rings (SSSR count). The average Bonchev–Trinajstić information content (AvgIpc) is 2.69. The topological polar surface area (TPSA) is 47.8 Å². The van der Waals surface area contributed by atoms with E-state index < -0.39 is 17.5 Å². The van der Waals surface area contributed by atoms with E-state index in [0.29, 0.717) is 17.4 Å². The Morgan fingerprint density at radius 2 is 2.25 bits per heavy atom. The summed E-state index contributed by atoms with van der Waals surface area (Å²) in [6, 6.07) is 0.178. The van der Waals surface area contributed by atoms with Crippen LogP contribution in [0.5, 0.6) is 0 Å². The van der Waals surface area contributed by atoms with Crippen molar-refractivity contribution in [2.24, 2.45) is 0 Å². The summed E-state index contributed by atoms with van der Waals surface area (Å²) in [6.07, 6.45) is 1.90. The first kappa shape index (κ1) is 13.4. The number of aromatic nitrogens is 3. The molecule has 0 spiro atoms. The largest absolute Gasteiger partial charge is 0.283 e. The molecule has 2 aromatic heterocycles. The third kappa shape index (κ3) is 1.98. The zero-order chi connectivity index (χ0) is 14.5. The number of fused-ring (bicyclic) bond motifs is 1. The highest BCUT2D eigenvalue weighted by atomic mass is 35.5. The zero-order valence-electron chi connectivity index (χ0n) is 10.7. The molecule has 0 bridgehead atoms. The monoisotopic (exact) mass is 299 g/mol. The summed E-state index contributed by atoms with van der Waals surface area (Å²) in [5.74, 6) is -2.90.